The lowest BCUT2D eigenvalue weighted by molar-refractivity contribution is -0.470. The van der Waals surface area contributed by atoms with Gasteiger partial charge in [-0.25, -0.2) is 0 Å². The molecule has 4 nitrogen and oxygen atoms in total. The minimum absolute atomic E-state index is 0.00546. The molecule has 0 saturated carbocycles. The Morgan fingerprint density at radius 1 is 1.06 bits per heavy atom. The van der Waals surface area contributed by atoms with Crippen molar-refractivity contribution in [3.8, 4) is 5.75 Å². The number of hydrogen-bond donors (Lipinski definition) is 0. The lowest BCUT2D eigenvalue weighted by Gasteiger charge is -2.49. The molecule has 0 radical (unpaired) electrons. The summed E-state index contributed by atoms with van der Waals surface area (Å²) >= 11 is 0. The van der Waals surface area contributed by atoms with Crippen LogP contribution >= 0.6 is 0 Å². The van der Waals surface area contributed by atoms with Crippen molar-refractivity contribution < 1.29 is 18.9 Å². The molecule has 2 bridgehead atoms. The number of para-hydroxylation sites is 1. The number of hydrogen-bond acceptors (Lipinski definition) is 4. The third-order valence-corrected chi connectivity index (χ3v) is 3.08. The van der Waals surface area contributed by atoms with E-state index < -0.39 is 5.97 Å². The van der Waals surface area contributed by atoms with Crippen LogP contribution in [-0.2, 0) is 14.2 Å². The summed E-state index contributed by atoms with van der Waals surface area (Å²) in [5, 5.41) is 0. The lowest BCUT2D eigenvalue weighted by atomic mass is 9.92. The van der Waals surface area contributed by atoms with E-state index in [0.29, 0.717) is 19.8 Å². The van der Waals surface area contributed by atoms with Crippen LogP contribution < -0.4 is 4.74 Å². The van der Waals surface area contributed by atoms with Gasteiger partial charge in [0.2, 0.25) is 0 Å². The van der Waals surface area contributed by atoms with Crippen molar-refractivity contribution >= 4 is 0 Å². The van der Waals surface area contributed by atoms with E-state index in [2.05, 4.69) is 6.92 Å². The van der Waals surface area contributed by atoms with E-state index in [1.807, 2.05) is 30.3 Å². The summed E-state index contributed by atoms with van der Waals surface area (Å²) in [7, 11) is 0. The Morgan fingerprint density at radius 3 is 2.24 bits per heavy atom. The summed E-state index contributed by atoms with van der Waals surface area (Å²) in [5.41, 5.74) is -0.00546. The highest BCUT2D eigenvalue weighted by atomic mass is 16.9. The van der Waals surface area contributed by atoms with Gasteiger partial charge in [0.05, 0.1) is 19.8 Å². The molecular weight excluding hydrogens is 220 g/mol. The van der Waals surface area contributed by atoms with Crippen LogP contribution in [0.2, 0.25) is 0 Å². The van der Waals surface area contributed by atoms with E-state index in [1.54, 1.807) is 0 Å². The van der Waals surface area contributed by atoms with E-state index in [-0.39, 0.29) is 12.0 Å². The highest BCUT2D eigenvalue weighted by molar-refractivity contribution is 5.20. The molecular formula is C13H16O4. The maximum Gasteiger partial charge on any atom is 0.319 e. The summed E-state index contributed by atoms with van der Waals surface area (Å²) in [5.74, 6) is -0.218. The summed E-state index contributed by atoms with van der Waals surface area (Å²) in [6.07, 6.45) is 0. The van der Waals surface area contributed by atoms with Gasteiger partial charge in [-0.3, -0.25) is 0 Å². The Hall–Kier alpha value is -1.10. The molecule has 3 heterocycles. The van der Waals surface area contributed by atoms with Crippen LogP contribution in [0, 0.1) is 5.41 Å². The fourth-order valence-electron chi connectivity index (χ4n) is 1.92. The summed E-state index contributed by atoms with van der Waals surface area (Å²) < 4.78 is 22.5. The number of ether oxygens (including phenoxy) is 4. The van der Waals surface area contributed by atoms with Crippen LogP contribution in [0.5, 0.6) is 5.75 Å². The minimum Gasteiger partial charge on any atom is -0.485 e. The van der Waals surface area contributed by atoms with Crippen LogP contribution in [0.1, 0.15) is 6.92 Å². The van der Waals surface area contributed by atoms with Gasteiger partial charge in [-0.05, 0) is 12.1 Å². The van der Waals surface area contributed by atoms with Crippen LogP contribution in [0.3, 0.4) is 0 Å². The lowest BCUT2D eigenvalue weighted by Crippen LogP contribution is -2.61. The normalized spacial score (nSPS) is 35.8. The predicted octanol–water partition coefficient (Wildman–Crippen LogP) is 1.80. The van der Waals surface area contributed by atoms with Crippen molar-refractivity contribution in [2.75, 3.05) is 26.4 Å². The smallest absolute Gasteiger partial charge is 0.319 e. The van der Waals surface area contributed by atoms with Gasteiger partial charge < -0.3 is 18.9 Å². The molecule has 4 heteroatoms. The first-order valence-corrected chi connectivity index (χ1v) is 5.80. The monoisotopic (exact) mass is 236 g/mol. The zero-order valence-electron chi connectivity index (χ0n) is 9.85. The molecule has 0 amide bonds. The van der Waals surface area contributed by atoms with Crippen molar-refractivity contribution in [3.63, 3.8) is 0 Å². The molecule has 0 N–H and O–H groups in total. The summed E-state index contributed by atoms with van der Waals surface area (Å²) in [6, 6.07) is 9.59. The van der Waals surface area contributed by atoms with Gasteiger partial charge in [0.15, 0.2) is 6.61 Å². The second kappa shape index (κ2) is 3.98. The molecule has 1 aromatic rings. The zero-order valence-corrected chi connectivity index (χ0v) is 9.85. The molecule has 0 aliphatic carbocycles. The van der Waals surface area contributed by atoms with Gasteiger partial charge >= 0.3 is 5.97 Å². The largest absolute Gasteiger partial charge is 0.485 e. The molecule has 3 aliphatic heterocycles. The highest BCUT2D eigenvalue weighted by Crippen LogP contribution is 2.38. The Labute approximate surface area is 100 Å². The van der Waals surface area contributed by atoms with Gasteiger partial charge in [-0.2, -0.15) is 0 Å². The summed E-state index contributed by atoms with van der Waals surface area (Å²) in [6.45, 7) is 4.32. The van der Waals surface area contributed by atoms with Crippen LogP contribution in [0.25, 0.3) is 0 Å². The van der Waals surface area contributed by atoms with Crippen molar-refractivity contribution in [1.82, 2.24) is 0 Å². The Bertz CT molecular complexity index is 365. The maximum absolute atomic E-state index is 5.62. The molecule has 0 aromatic heterocycles. The number of benzene rings is 1. The summed E-state index contributed by atoms with van der Waals surface area (Å²) in [4.78, 5) is 0. The fraction of sp³-hybridized carbons (Fsp3) is 0.538. The van der Waals surface area contributed by atoms with E-state index in [4.69, 9.17) is 18.9 Å². The van der Waals surface area contributed by atoms with E-state index in [1.165, 1.54) is 0 Å². The van der Waals surface area contributed by atoms with Crippen molar-refractivity contribution in [3.05, 3.63) is 30.3 Å². The van der Waals surface area contributed by atoms with Gasteiger partial charge in [0.25, 0.3) is 0 Å². The molecule has 3 saturated heterocycles. The third kappa shape index (κ3) is 2.16. The molecule has 0 unspecified atom stereocenters. The van der Waals surface area contributed by atoms with Crippen LogP contribution in [0.4, 0.5) is 0 Å². The Balaban J connectivity index is 1.62. The molecule has 3 aliphatic rings. The quantitative estimate of drug-likeness (QED) is 0.802. The molecule has 0 spiro atoms. The third-order valence-electron chi connectivity index (χ3n) is 3.08. The maximum atomic E-state index is 5.62. The van der Waals surface area contributed by atoms with E-state index >= 15 is 0 Å². The first-order chi connectivity index (χ1) is 8.20. The fourth-order valence-corrected chi connectivity index (χ4v) is 1.92. The van der Waals surface area contributed by atoms with Gasteiger partial charge in [-0.15, -0.1) is 0 Å². The predicted molar refractivity (Wildman–Crippen MR) is 60.6 cm³/mol. The first-order valence-electron chi connectivity index (χ1n) is 5.80. The van der Waals surface area contributed by atoms with Crippen LogP contribution in [0.15, 0.2) is 30.3 Å². The molecule has 92 valence electrons. The number of fused-ring (bicyclic) bond motifs is 3. The van der Waals surface area contributed by atoms with E-state index in [0.717, 1.165) is 5.75 Å². The molecule has 3 fully saturated rings. The molecule has 1 aromatic carbocycles. The van der Waals surface area contributed by atoms with Gasteiger partial charge in [0.1, 0.15) is 5.75 Å². The van der Waals surface area contributed by atoms with Crippen molar-refractivity contribution in [2.24, 2.45) is 5.41 Å². The van der Waals surface area contributed by atoms with Crippen LogP contribution in [-0.4, -0.2) is 32.4 Å². The van der Waals surface area contributed by atoms with E-state index in [9.17, 15) is 0 Å². The number of rotatable bonds is 3. The highest BCUT2D eigenvalue weighted by Gasteiger charge is 2.51. The first kappa shape index (κ1) is 11.0. The Morgan fingerprint density at radius 2 is 1.65 bits per heavy atom. The second-order valence-corrected chi connectivity index (χ2v) is 4.96. The standard InChI is InChI=1S/C13H16O4/c1-12-7-15-13(16-8-12,17-9-12)10-14-11-5-3-2-4-6-11/h2-6H,7-10H2,1H3. The minimum atomic E-state index is -1.01. The van der Waals surface area contributed by atoms with Gasteiger partial charge in [0, 0.05) is 5.41 Å². The van der Waals surface area contributed by atoms with Gasteiger partial charge in [-0.1, -0.05) is 25.1 Å². The second-order valence-electron chi connectivity index (χ2n) is 4.96. The SMILES string of the molecule is CC12COC(COc3ccccc3)(OC1)OC2. The molecule has 0 atom stereocenters. The molecule has 17 heavy (non-hydrogen) atoms. The average molecular weight is 236 g/mol. The Kier molecular flexibility index (Phi) is 2.58. The zero-order chi connectivity index (χ0) is 11.8. The van der Waals surface area contributed by atoms with Crippen molar-refractivity contribution in [2.45, 2.75) is 12.9 Å². The topological polar surface area (TPSA) is 36.9 Å². The average Bonchev–Trinajstić information content (AvgIpc) is 2.40. The van der Waals surface area contributed by atoms with Crippen molar-refractivity contribution in [1.29, 1.82) is 0 Å². The molecule has 4 rings (SSSR count).